The topological polar surface area (TPSA) is 57.6 Å². The minimum atomic E-state index is -6.04. The maximum atomic E-state index is 12.9. The van der Waals surface area contributed by atoms with Crippen LogP contribution < -0.4 is 0 Å². The smallest absolute Gasteiger partial charge is 0.463 e. The monoisotopic (exact) mass is 275 g/mol. The van der Waals surface area contributed by atoms with Gasteiger partial charge < -0.3 is 10.0 Å². The van der Waals surface area contributed by atoms with Crippen LogP contribution >= 0.6 is 0 Å². The van der Waals surface area contributed by atoms with E-state index in [1.165, 1.54) is 0 Å². The van der Waals surface area contributed by atoms with Crippen LogP contribution in [0.15, 0.2) is 0 Å². The highest BCUT2D eigenvalue weighted by atomic mass is 19.4. The first-order valence-electron chi connectivity index (χ1n) is 4.94. The molecule has 0 aromatic heterocycles. The van der Waals surface area contributed by atoms with Gasteiger partial charge in [-0.2, -0.15) is 22.0 Å². The molecule has 0 spiro atoms. The van der Waals surface area contributed by atoms with Crippen molar-refractivity contribution in [1.82, 2.24) is 4.90 Å². The van der Waals surface area contributed by atoms with Crippen molar-refractivity contribution in [2.75, 3.05) is 6.54 Å². The van der Waals surface area contributed by atoms with Crippen molar-refractivity contribution in [3.8, 4) is 0 Å². The number of likely N-dealkylation sites (tertiary alicyclic amines) is 1. The van der Waals surface area contributed by atoms with E-state index in [1.807, 2.05) is 0 Å². The molecule has 1 saturated heterocycles. The van der Waals surface area contributed by atoms with Gasteiger partial charge in [0.1, 0.15) is 5.54 Å². The fourth-order valence-corrected chi connectivity index (χ4v) is 1.80. The van der Waals surface area contributed by atoms with Crippen molar-refractivity contribution in [3.05, 3.63) is 0 Å². The second kappa shape index (κ2) is 4.06. The summed E-state index contributed by atoms with van der Waals surface area (Å²) in [6.07, 6.45) is -6.14. The lowest BCUT2D eigenvalue weighted by Crippen LogP contribution is -2.59. The quantitative estimate of drug-likeness (QED) is 0.779. The lowest BCUT2D eigenvalue weighted by atomic mass is 9.99. The zero-order valence-corrected chi connectivity index (χ0v) is 9.22. The molecule has 18 heavy (non-hydrogen) atoms. The van der Waals surface area contributed by atoms with Gasteiger partial charge in [0.25, 0.3) is 0 Å². The molecule has 4 nitrogen and oxygen atoms in total. The number of carbonyl (C=O) groups excluding carboxylic acids is 1. The Kier molecular flexibility index (Phi) is 3.30. The molecule has 1 heterocycles. The summed E-state index contributed by atoms with van der Waals surface area (Å²) < 4.78 is 61.9. The van der Waals surface area contributed by atoms with Gasteiger partial charge in [-0.3, -0.25) is 4.79 Å². The van der Waals surface area contributed by atoms with E-state index < -0.39 is 36.1 Å². The highest BCUT2D eigenvalue weighted by Crippen LogP contribution is 2.40. The summed E-state index contributed by atoms with van der Waals surface area (Å²) in [4.78, 5) is 22.2. The molecule has 0 aromatic carbocycles. The van der Waals surface area contributed by atoms with Gasteiger partial charge in [0.15, 0.2) is 0 Å². The zero-order valence-electron chi connectivity index (χ0n) is 9.22. The molecule has 1 amide bonds. The van der Waals surface area contributed by atoms with E-state index in [9.17, 15) is 31.5 Å². The van der Waals surface area contributed by atoms with Crippen LogP contribution in [0.1, 0.15) is 19.8 Å². The second-order valence-electron chi connectivity index (χ2n) is 4.21. The number of hydrogen-bond acceptors (Lipinski definition) is 2. The third kappa shape index (κ3) is 2.01. The van der Waals surface area contributed by atoms with Crippen LogP contribution in [0.5, 0.6) is 0 Å². The van der Waals surface area contributed by atoms with E-state index in [-0.39, 0.29) is 17.7 Å². The Morgan fingerprint density at radius 1 is 1.22 bits per heavy atom. The molecule has 0 aliphatic carbocycles. The van der Waals surface area contributed by atoms with Gasteiger partial charge in [-0.1, -0.05) is 0 Å². The number of amides is 1. The fourth-order valence-electron chi connectivity index (χ4n) is 1.80. The number of carboxylic acids is 1. The van der Waals surface area contributed by atoms with E-state index in [0.717, 1.165) is 6.92 Å². The summed E-state index contributed by atoms with van der Waals surface area (Å²) in [5.74, 6) is -9.70. The molecule has 0 radical (unpaired) electrons. The van der Waals surface area contributed by atoms with Gasteiger partial charge in [-0.05, 0) is 19.8 Å². The maximum absolute atomic E-state index is 12.9. The van der Waals surface area contributed by atoms with Gasteiger partial charge >= 0.3 is 24.0 Å². The van der Waals surface area contributed by atoms with Gasteiger partial charge in [-0.25, -0.2) is 4.79 Å². The summed E-state index contributed by atoms with van der Waals surface area (Å²) in [7, 11) is 0. The van der Waals surface area contributed by atoms with Crippen molar-refractivity contribution < 1.29 is 36.6 Å². The molecule has 0 bridgehead atoms. The molecule has 9 heteroatoms. The van der Waals surface area contributed by atoms with Crippen molar-refractivity contribution in [1.29, 1.82) is 0 Å². The highest BCUT2D eigenvalue weighted by Gasteiger charge is 2.67. The molecule has 1 atom stereocenters. The molecule has 1 aliphatic rings. The summed E-state index contributed by atoms with van der Waals surface area (Å²) in [6, 6.07) is 0. The van der Waals surface area contributed by atoms with Crippen molar-refractivity contribution in [3.63, 3.8) is 0 Å². The molecule has 0 aromatic rings. The normalized spacial score (nSPS) is 25.3. The molecule has 1 fully saturated rings. The van der Waals surface area contributed by atoms with E-state index in [2.05, 4.69) is 0 Å². The van der Waals surface area contributed by atoms with Crippen LogP contribution in [-0.4, -0.2) is 46.1 Å². The average Bonchev–Trinajstić information content (AvgIpc) is 2.58. The molecule has 1 aliphatic heterocycles. The summed E-state index contributed by atoms with van der Waals surface area (Å²) in [5, 5.41) is 8.84. The Labute approximate surface area is 98.4 Å². The molecular weight excluding hydrogens is 265 g/mol. The first kappa shape index (κ1) is 14.7. The summed E-state index contributed by atoms with van der Waals surface area (Å²) >= 11 is 0. The molecule has 1 unspecified atom stereocenters. The maximum Gasteiger partial charge on any atom is 0.463 e. The van der Waals surface area contributed by atoms with Crippen LogP contribution in [0.25, 0.3) is 0 Å². The lowest BCUT2D eigenvalue weighted by Gasteiger charge is -2.34. The van der Waals surface area contributed by atoms with E-state index in [1.54, 1.807) is 0 Å². The number of alkyl halides is 5. The van der Waals surface area contributed by atoms with Gasteiger partial charge in [-0.15, -0.1) is 0 Å². The van der Waals surface area contributed by atoms with Crippen LogP contribution in [0.2, 0.25) is 0 Å². The third-order valence-electron chi connectivity index (χ3n) is 2.97. The average molecular weight is 275 g/mol. The van der Waals surface area contributed by atoms with Crippen molar-refractivity contribution >= 4 is 11.9 Å². The van der Waals surface area contributed by atoms with E-state index in [4.69, 9.17) is 5.11 Å². The predicted octanol–water partition coefficient (Wildman–Crippen LogP) is 1.65. The number of hydrogen-bond donors (Lipinski definition) is 1. The Morgan fingerprint density at radius 3 is 2.11 bits per heavy atom. The van der Waals surface area contributed by atoms with Crippen LogP contribution in [0, 0.1) is 0 Å². The van der Waals surface area contributed by atoms with Crippen LogP contribution in [0.4, 0.5) is 22.0 Å². The van der Waals surface area contributed by atoms with Crippen LogP contribution in [-0.2, 0) is 9.59 Å². The van der Waals surface area contributed by atoms with Crippen LogP contribution in [0.3, 0.4) is 0 Å². The predicted molar refractivity (Wildman–Crippen MR) is 48.0 cm³/mol. The molecule has 1 rings (SSSR count). The molecule has 1 N–H and O–H groups in total. The standard InChI is InChI=1S/C9H10F5NO3/c1-7(6(17)18)3-2-4-15(7)5(16)8(10,11)9(12,13)14/h2-4H2,1H3,(H,17,18). The minimum absolute atomic E-state index is 0.0580. The largest absolute Gasteiger partial charge is 0.480 e. The zero-order chi connectivity index (χ0) is 14.4. The number of rotatable bonds is 2. The molecule has 0 saturated carbocycles. The number of halogens is 5. The number of carboxylic acid groups (broad SMARTS) is 1. The lowest BCUT2D eigenvalue weighted by molar-refractivity contribution is -0.275. The van der Waals surface area contributed by atoms with Gasteiger partial charge in [0.2, 0.25) is 0 Å². The first-order chi connectivity index (χ1) is 7.94. The second-order valence-corrected chi connectivity index (χ2v) is 4.21. The fraction of sp³-hybridized carbons (Fsp3) is 0.778. The van der Waals surface area contributed by atoms with Crippen molar-refractivity contribution in [2.45, 2.75) is 37.4 Å². The Bertz CT molecular complexity index is 381. The number of carbonyl (C=O) groups is 2. The minimum Gasteiger partial charge on any atom is -0.480 e. The molecular formula is C9H10F5NO3. The Balaban J connectivity index is 3.09. The first-order valence-corrected chi connectivity index (χ1v) is 4.94. The number of aliphatic carboxylic acids is 1. The SMILES string of the molecule is CC1(C(=O)O)CCCN1C(=O)C(F)(F)C(F)(F)F. The van der Waals surface area contributed by atoms with Gasteiger partial charge in [0.05, 0.1) is 0 Å². The summed E-state index contributed by atoms with van der Waals surface area (Å²) in [5.41, 5.74) is -2.02. The van der Waals surface area contributed by atoms with E-state index >= 15 is 0 Å². The Morgan fingerprint density at radius 2 is 1.72 bits per heavy atom. The number of nitrogens with zero attached hydrogens (tertiary/aromatic N) is 1. The Hall–Kier alpha value is -1.41. The van der Waals surface area contributed by atoms with E-state index in [0.29, 0.717) is 0 Å². The molecule has 104 valence electrons. The summed E-state index contributed by atoms with van der Waals surface area (Å²) in [6.45, 7) is 0.514. The third-order valence-corrected chi connectivity index (χ3v) is 2.97. The highest BCUT2D eigenvalue weighted by molar-refractivity contribution is 5.91. The van der Waals surface area contributed by atoms with Gasteiger partial charge in [0, 0.05) is 6.54 Å². The van der Waals surface area contributed by atoms with Crippen molar-refractivity contribution in [2.24, 2.45) is 0 Å².